The number of likely N-dealkylation sites (N-methyl/N-ethyl adjacent to an activating group) is 1. The molecule has 2 fully saturated rings. The van der Waals surface area contributed by atoms with Gasteiger partial charge < -0.3 is 63.3 Å². The van der Waals surface area contributed by atoms with Crippen LogP contribution in [0, 0.1) is 11.8 Å². The van der Waals surface area contributed by atoms with Gasteiger partial charge in [-0.2, -0.15) is 0 Å². The van der Waals surface area contributed by atoms with E-state index in [1.54, 1.807) is 64.9 Å². The molecule has 16 atom stereocenters. The third-order valence-electron chi connectivity index (χ3n) is 10.5. The van der Waals surface area contributed by atoms with Crippen molar-refractivity contribution in [3.63, 3.8) is 0 Å². The zero-order valence-corrected chi connectivity index (χ0v) is 33.3. The number of allylic oxidation sites excluding steroid dienone is 2. The first-order valence-corrected chi connectivity index (χ1v) is 19.2. The molecule has 15 nitrogen and oxygen atoms in total. The molecule has 54 heavy (non-hydrogen) atoms. The number of esters is 2. The lowest BCUT2D eigenvalue weighted by Crippen LogP contribution is -2.66. The van der Waals surface area contributed by atoms with Crippen molar-refractivity contribution >= 4 is 18.2 Å². The molecule has 3 rings (SSSR count). The molecule has 0 saturated carbocycles. The van der Waals surface area contributed by atoms with E-state index in [0.29, 0.717) is 12.8 Å². The van der Waals surface area contributed by atoms with E-state index in [1.807, 2.05) is 19.9 Å². The van der Waals surface area contributed by atoms with Gasteiger partial charge in [0, 0.05) is 32.8 Å². The lowest BCUT2D eigenvalue weighted by molar-refractivity contribution is -0.344. The Bertz CT molecular complexity index is 1240. The molecule has 0 aliphatic carbocycles. The Balaban J connectivity index is 1.91. The van der Waals surface area contributed by atoms with Gasteiger partial charge in [-0.1, -0.05) is 38.2 Å². The number of aliphatic hydroxyl groups is 4. The molecule has 0 amide bonds. The number of nitrogens with zero attached hydrogens (tertiary/aromatic N) is 1. The fraction of sp³-hybridized carbons (Fsp3) is 0.821. The number of aliphatic hydroxyl groups excluding tert-OH is 3. The second-order valence-electron chi connectivity index (χ2n) is 15.5. The van der Waals surface area contributed by atoms with Gasteiger partial charge in [-0.3, -0.25) is 9.59 Å². The Morgan fingerprint density at radius 1 is 1.04 bits per heavy atom. The summed E-state index contributed by atoms with van der Waals surface area (Å²) in [5.41, 5.74) is -1.47. The van der Waals surface area contributed by atoms with E-state index in [9.17, 15) is 34.8 Å². The number of hydrogen-bond acceptors (Lipinski definition) is 15. The van der Waals surface area contributed by atoms with E-state index in [4.69, 9.17) is 33.2 Å². The molecule has 0 aromatic carbocycles. The largest absolute Gasteiger partial charge is 0.462 e. The highest BCUT2D eigenvalue weighted by Crippen LogP contribution is 2.37. The molecule has 0 unspecified atom stereocenters. The van der Waals surface area contributed by atoms with E-state index < -0.39 is 110 Å². The van der Waals surface area contributed by atoms with Gasteiger partial charge in [0.2, 0.25) is 0 Å². The van der Waals surface area contributed by atoms with Gasteiger partial charge in [0.1, 0.15) is 36.3 Å². The summed E-state index contributed by atoms with van der Waals surface area (Å²) in [6, 6.07) is -0.750. The Labute approximate surface area is 319 Å². The molecule has 2 saturated heterocycles. The third kappa shape index (κ3) is 12.6. The highest BCUT2D eigenvalue weighted by molar-refractivity contribution is 5.70. The van der Waals surface area contributed by atoms with Crippen LogP contribution in [-0.2, 0) is 47.5 Å². The first-order valence-electron chi connectivity index (χ1n) is 19.2. The lowest BCUT2D eigenvalue weighted by atomic mass is 9.82. The summed E-state index contributed by atoms with van der Waals surface area (Å²) in [6.07, 6.45) is -3.26. The van der Waals surface area contributed by atoms with Gasteiger partial charge in [-0.15, -0.1) is 0 Å². The Morgan fingerprint density at radius 3 is 2.35 bits per heavy atom. The molecule has 15 heteroatoms. The molecule has 0 bridgehead atoms. The van der Waals surface area contributed by atoms with Gasteiger partial charge in [-0.05, 0) is 66.5 Å². The molecular weight excluding hydrogens is 706 g/mol. The standard InChI is InChI=1S/C39H65NO14/c1-10-14-29(44)52-37-25(5)50-31(21-39(37,6)47)53-34-24(4)51-38(33(46)32(34)40(7)8)54-35-26(17-18-41)19-22(2)27(42)16-13-11-12-15-23(3)49-30(45)20-28(43)36(35)48-9/h11-13,16,18,22-28,31-38,42-43,46-47H,10,14-15,17,19-21H2,1-9H3/b12-11+,16-13+/t22-,23-,24-,25+,26+,27+,28-,31-,32+,33+,34-,35+,36+,37+,38+,39-/m1/s1. The minimum absolute atomic E-state index is 0.0274. The van der Waals surface area contributed by atoms with Crippen LogP contribution in [0.3, 0.4) is 0 Å². The smallest absolute Gasteiger partial charge is 0.308 e. The van der Waals surface area contributed by atoms with Gasteiger partial charge in [-0.25, -0.2) is 0 Å². The maximum Gasteiger partial charge on any atom is 0.308 e. The molecule has 3 heterocycles. The number of methoxy groups -OCH3 is 1. The van der Waals surface area contributed by atoms with Crippen LogP contribution < -0.4 is 0 Å². The second kappa shape index (κ2) is 21.3. The van der Waals surface area contributed by atoms with Gasteiger partial charge in [0.15, 0.2) is 18.7 Å². The van der Waals surface area contributed by atoms with E-state index in [0.717, 1.165) is 6.29 Å². The Kier molecular flexibility index (Phi) is 18.2. The Hall–Kier alpha value is -2.31. The maximum atomic E-state index is 12.9. The number of carbonyl (C=O) groups excluding carboxylic acids is 3. The molecule has 3 aliphatic rings. The second-order valence-corrected chi connectivity index (χ2v) is 15.5. The van der Waals surface area contributed by atoms with Crippen LogP contribution in [-0.4, -0.2) is 150 Å². The summed E-state index contributed by atoms with van der Waals surface area (Å²) in [5.74, 6) is -2.11. The van der Waals surface area contributed by atoms with Crippen LogP contribution in [0.4, 0.5) is 0 Å². The average molecular weight is 772 g/mol. The summed E-state index contributed by atoms with van der Waals surface area (Å²) in [7, 11) is 4.86. The van der Waals surface area contributed by atoms with Crippen molar-refractivity contribution < 1.29 is 68.0 Å². The van der Waals surface area contributed by atoms with E-state index in [2.05, 4.69) is 0 Å². The van der Waals surface area contributed by atoms with Crippen LogP contribution in [0.5, 0.6) is 0 Å². The lowest BCUT2D eigenvalue weighted by Gasteiger charge is -2.50. The topological polar surface area (TPSA) is 200 Å². The zero-order chi connectivity index (χ0) is 40.3. The zero-order valence-electron chi connectivity index (χ0n) is 33.3. The molecule has 0 aromatic heterocycles. The fourth-order valence-electron chi connectivity index (χ4n) is 7.66. The minimum Gasteiger partial charge on any atom is -0.462 e. The van der Waals surface area contributed by atoms with Crippen molar-refractivity contribution in [1.82, 2.24) is 4.90 Å². The van der Waals surface area contributed by atoms with Gasteiger partial charge in [0.25, 0.3) is 0 Å². The normalized spacial score (nSPS) is 42.9. The fourth-order valence-corrected chi connectivity index (χ4v) is 7.66. The molecule has 0 spiro atoms. The van der Waals surface area contributed by atoms with Crippen LogP contribution in [0.2, 0.25) is 0 Å². The number of aldehydes is 1. The molecule has 4 N–H and O–H groups in total. The van der Waals surface area contributed by atoms with Crippen LogP contribution in [0.25, 0.3) is 0 Å². The van der Waals surface area contributed by atoms with Crippen LogP contribution in [0.15, 0.2) is 24.3 Å². The Morgan fingerprint density at radius 2 is 1.74 bits per heavy atom. The first-order chi connectivity index (χ1) is 25.4. The molecule has 0 radical (unpaired) electrons. The van der Waals surface area contributed by atoms with Crippen molar-refractivity contribution in [1.29, 1.82) is 0 Å². The molecule has 3 aliphatic heterocycles. The van der Waals surface area contributed by atoms with E-state index >= 15 is 0 Å². The first kappa shape index (κ1) is 46.1. The third-order valence-corrected chi connectivity index (χ3v) is 10.5. The number of carbonyl (C=O) groups is 3. The highest BCUT2D eigenvalue weighted by Gasteiger charge is 2.52. The van der Waals surface area contributed by atoms with E-state index in [1.165, 1.54) is 7.11 Å². The number of ether oxygens (including phenoxy) is 7. The summed E-state index contributed by atoms with van der Waals surface area (Å²) in [5, 5.41) is 45.7. The SMILES string of the molecule is CCCC(=O)O[C@H]1[C@H](C)O[C@H](O[C@H]2[C@@H](N(C)C)[C@H](O)[C@H](O[C@H]3[C@@H](CC=O)C[C@@H](C)[C@@H](O)/C=C/C=C/C[C@@H](C)OC(=O)C[C@@H](O)[C@@H]3OC)O[C@@H]2C)C[C@@]1(C)O. The predicted octanol–water partition coefficient (Wildman–Crippen LogP) is 2.20. The van der Waals surface area contributed by atoms with Crippen molar-refractivity contribution in [2.24, 2.45) is 11.8 Å². The minimum atomic E-state index is -1.47. The van der Waals surface area contributed by atoms with Crippen molar-refractivity contribution in [2.45, 2.75) is 172 Å². The van der Waals surface area contributed by atoms with Crippen molar-refractivity contribution in [3.8, 4) is 0 Å². The molecular formula is C39H65NO14. The van der Waals surface area contributed by atoms with Crippen LogP contribution >= 0.6 is 0 Å². The number of hydrogen-bond donors (Lipinski definition) is 4. The average Bonchev–Trinajstić information content (AvgIpc) is 3.07. The molecule has 0 aromatic rings. The number of cyclic esters (lactones) is 1. The van der Waals surface area contributed by atoms with Gasteiger partial charge >= 0.3 is 11.9 Å². The summed E-state index contributed by atoms with van der Waals surface area (Å²) >= 11 is 0. The van der Waals surface area contributed by atoms with Crippen molar-refractivity contribution in [2.75, 3.05) is 21.2 Å². The quantitative estimate of drug-likeness (QED) is 0.176. The summed E-state index contributed by atoms with van der Waals surface area (Å²) < 4.78 is 42.2. The molecule has 310 valence electrons. The maximum absolute atomic E-state index is 12.9. The van der Waals surface area contributed by atoms with E-state index in [-0.39, 0.29) is 31.6 Å². The highest BCUT2D eigenvalue weighted by atomic mass is 16.7. The summed E-state index contributed by atoms with van der Waals surface area (Å²) in [4.78, 5) is 39.0. The van der Waals surface area contributed by atoms with Gasteiger partial charge in [0.05, 0.1) is 43.0 Å². The van der Waals surface area contributed by atoms with Crippen LogP contribution in [0.1, 0.15) is 86.5 Å². The number of rotatable bonds is 11. The summed E-state index contributed by atoms with van der Waals surface area (Å²) in [6.45, 7) is 10.4. The predicted molar refractivity (Wildman–Crippen MR) is 196 cm³/mol. The van der Waals surface area contributed by atoms with Crippen molar-refractivity contribution in [3.05, 3.63) is 24.3 Å². The monoisotopic (exact) mass is 771 g/mol.